The van der Waals surface area contributed by atoms with Gasteiger partial charge in [0.05, 0.1) is 0 Å². The molecule has 0 atom stereocenters. The molecular formula is C23H30BrNO2. The third-order valence-corrected chi connectivity index (χ3v) is 5.08. The Morgan fingerprint density at radius 3 is 2.00 bits per heavy atom. The zero-order chi connectivity index (χ0) is 20.1. The van der Waals surface area contributed by atoms with Gasteiger partial charge in [-0.25, -0.2) is 0 Å². The van der Waals surface area contributed by atoms with Crippen molar-refractivity contribution < 1.29 is 9.53 Å². The van der Waals surface area contributed by atoms with E-state index >= 15 is 0 Å². The van der Waals surface area contributed by atoms with Gasteiger partial charge in [0.15, 0.2) is 6.61 Å². The molecule has 146 valence electrons. The summed E-state index contributed by atoms with van der Waals surface area (Å²) in [6.45, 7) is 12.8. The fraction of sp³-hybridized carbons (Fsp3) is 0.435. The van der Waals surface area contributed by atoms with Gasteiger partial charge in [-0.05, 0) is 52.6 Å². The van der Waals surface area contributed by atoms with Crippen molar-refractivity contribution in [1.82, 2.24) is 0 Å². The lowest BCUT2D eigenvalue weighted by Crippen LogP contribution is -2.22. The van der Waals surface area contributed by atoms with E-state index in [-0.39, 0.29) is 12.5 Å². The number of carbonyl (C=O) groups is 1. The van der Waals surface area contributed by atoms with Crippen LogP contribution in [0.1, 0.15) is 76.0 Å². The molecule has 2 rings (SSSR count). The van der Waals surface area contributed by atoms with E-state index in [1.165, 1.54) is 0 Å². The summed E-state index contributed by atoms with van der Waals surface area (Å²) in [7, 11) is 0. The second-order valence-electron chi connectivity index (χ2n) is 7.79. The number of nitrogens with one attached hydrogen (secondary N) is 1. The lowest BCUT2D eigenvalue weighted by Gasteiger charge is -2.20. The Hall–Kier alpha value is -1.81. The molecule has 0 fully saturated rings. The van der Waals surface area contributed by atoms with Gasteiger partial charge in [0.2, 0.25) is 0 Å². The predicted octanol–water partition coefficient (Wildman–Crippen LogP) is 6.84. The van der Waals surface area contributed by atoms with Gasteiger partial charge < -0.3 is 10.1 Å². The molecule has 3 nitrogen and oxygen atoms in total. The standard InChI is InChI=1S/C23H30BrNO2/c1-14(2)18-8-7-9-19(15(3)4)23(18)25-22(26)13-27-21-11-10-17(24)12-20(21)16(5)6/h7-12,14-16H,13H2,1-6H3,(H,25,26). The maximum atomic E-state index is 12.6. The van der Waals surface area contributed by atoms with Gasteiger partial charge in [0, 0.05) is 10.2 Å². The number of para-hydroxylation sites is 1. The highest BCUT2D eigenvalue weighted by Crippen LogP contribution is 2.33. The molecule has 1 amide bonds. The van der Waals surface area contributed by atoms with Crippen LogP contribution in [-0.4, -0.2) is 12.5 Å². The van der Waals surface area contributed by atoms with E-state index in [0.717, 1.165) is 32.6 Å². The van der Waals surface area contributed by atoms with Crippen molar-refractivity contribution in [3.63, 3.8) is 0 Å². The van der Waals surface area contributed by atoms with Crippen LogP contribution < -0.4 is 10.1 Å². The highest BCUT2D eigenvalue weighted by Gasteiger charge is 2.17. The molecule has 0 saturated carbocycles. The molecule has 0 aromatic heterocycles. The molecule has 0 spiro atoms. The average molecular weight is 432 g/mol. The molecule has 4 heteroatoms. The van der Waals surface area contributed by atoms with E-state index in [1.807, 2.05) is 18.2 Å². The molecule has 0 radical (unpaired) electrons. The van der Waals surface area contributed by atoms with Crippen molar-refractivity contribution in [2.24, 2.45) is 0 Å². The Labute approximate surface area is 171 Å². The average Bonchev–Trinajstić information content (AvgIpc) is 2.60. The Morgan fingerprint density at radius 2 is 1.48 bits per heavy atom. The second-order valence-corrected chi connectivity index (χ2v) is 8.71. The van der Waals surface area contributed by atoms with Crippen molar-refractivity contribution in [2.45, 2.75) is 59.3 Å². The number of anilines is 1. The first-order valence-electron chi connectivity index (χ1n) is 9.55. The van der Waals surface area contributed by atoms with Crippen LogP contribution in [0.2, 0.25) is 0 Å². The van der Waals surface area contributed by atoms with Crippen LogP contribution in [0.15, 0.2) is 40.9 Å². The quantitative estimate of drug-likeness (QED) is 0.520. The van der Waals surface area contributed by atoms with Crippen molar-refractivity contribution in [1.29, 1.82) is 0 Å². The minimum atomic E-state index is -0.136. The van der Waals surface area contributed by atoms with Gasteiger partial charge >= 0.3 is 0 Å². The minimum Gasteiger partial charge on any atom is -0.483 e. The summed E-state index contributed by atoms with van der Waals surface area (Å²) in [6, 6.07) is 12.1. The van der Waals surface area contributed by atoms with Crippen molar-refractivity contribution in [3.05, 3.63) is 57.6 Å². The van der Waals surface area contributed by atoms with E-state index < -0.39 is 0 Å². The molecular weight excluding hydrogens is 402 g/mol. The molecule has 0 aliphatic carbocycles. The second kappa shape index (κ2) is 9.41. The largest absolute Gasteiger partial charge is 0.483 e. The van der Waals surface area contributed by atoms with Crippen LogP contribution in [0.5, 0.6) is 5.75 Å². The SMILES string of the molecule is CC(C)c1cc(Br)ccc1OCC(=O)Nc1c(C(C)C)cccc1C(C)C. The van der Waals surface area contributed by atoms with Gasteiger partial charge in [0.25, 0.3) is 5.91 Å². The molecule has 0 bridgehead atoms. The number of halogens is 1. The number of ether oxygens (including phenoxy) is 1. The lowest BCUT2D eigenvalue weighted by atomic mass is 9.92. The number of carbonyl (C=O) groups excluding carboxylic acids is 1. The van der Waals surface area contributed by atoms with Gasteiger partial charge in [-0.15, -0.1) is 0 Å². The van der Waals surface area contributed by atoms with E-state index in [1.54, 1.807) is 0 Å². The zero-order valence-electron chi connectivity index (χ0n) is 17.1. The smallest absolute Gasteiger partial charge is 0.262 e. The third-order valence-electron chi connectivity index (χ3n) is 4.59. The first-order chi connectivity index (χ1) is 12.7. The topological polar surface area (TPSA) is 38.3 Å². The van der Waals surface area contributed by atoms with E-state index in [0.29, 0.717) is 17.8 Å². The monoisotopic (exact) mass is 431 g/mol. The minimum absolute atomic E-state index is 0.00861. The third kappa shape index (κ3) is 5.58. The van der Waals surface area contributed by atoms with Crippen LogP contribution >= 0.6 is 15.9 Å². The van der Waals surface area contributed by atoms with Crippen molar-refractivity contribution >= 4 is 27.5 Å². The zero-order valence-corrected chi connectivity index (χ0v) is 18.7. The summed E-state index contributed by atoms with van der Waals surface area (Å²) in [5.74, 6) is 1.60. The maximum Gasteiger partial charge on any atom is 0.262 e. The Kier molecular flexibility index (Phi) is 7.49. The summed E-state index contributed by atoms with van der Waals surface area (Å²) in [4.78, 5) is 12.6. The molecule has 0 unspecified atom stereocenters. The summed E-state index contributed by atoms with van der Waals surface area (Å²) < 4.78 is 6.86. The highest BCUT2D eigenvalue weighted by molar-refractivity contribution is 9.10. The highest BCUT2D eigenvalue weighted by atomic mass is 79.9. The number of rotatable bonds is 7. The molecule has 0 aliphatic heterocycles. The maximum absolute atomic E-state index is 12.6. The summed E-state index contributed by atoms with van der Waals surface area (Å²) in [5, 5.41) is 3.10. The van der Waals surface area contributed by atoms with Crippen LogP contribution in [0.4, 0.5) is 5.69 Å². The molecule has 2 aromatic carbocycles. The lowest BCUT2D eigenvalue weighted by molar-refractivity contribution is -0.118. The van der Waals surface area contributed by atoms with Gasteiger partial charge in [0.1, 0.15) is 5.75 Å². The molecule has 1 N–H and O–H groups in total. The molecule has 0 heterocycles. The predicted molar refractivity (Wildman–Crippen MR) is 117 cm³/mol. The summed E-state index contributed by atoms with van der Waals surface area (Å²) >= 11 is 3.50. The van der Waals surface area contributed by atoms with Crippen LogP contribution in [0.3, 0.4) is 0 Å². The van der Waals surface area contributed by atoms with Crippen molar-refractivity contribution in [3.8, 4) is 5.75 Å². The molecule has 0 aliphatic rings. The van der Waals surface area contributed by atoms with Crippen LogP contribution in [0, 0.1) is 0 Å². The number of hydrogen-bond donors (Lipinski definition) is 1. The fourth-order valence-electron chi connectivity index (χ4n) is 3.12. The van der Waals surface area contributed by atoms with E-state index in [2.05, 4.69) is 81.0 Å². The first-order valence-corrected chi connectivity index (χ1v) is 10.3. The summed E-state index contributed by atoms with van der Waals surface area (Å²) in [6.07, 6.45) is 0. The van der Waals surface area contributed by atoms with Crippen molar-refractivity contribution in [2.75, 3.05) is 11.9 Å². The Bertz CT molecular complexity index is 771. The van der Waals surface area contributed by atoms with Gasteiger partial charge in [-0.1, -0.05) is 75.7 Å². The Morgan fingerprint density at radius 1 is 0.926 bits per heavy atom. The normalized spacial score (nSPS) is 11.3. The number of benzene rings is 2. The van der Waals surface area contributed by atoms with E-state index in [4.69, 9.17) is 4.74 Å². The molecule has 27 heavy (non-hydrogen) atoms. The fourth-order valence-corrected chi connectivity index (χ4v) is 3.49. The first kappa shape index (κ1) is 21.5. The number of hydrogen-bond acceptors (Lipinski definition) is 2. The molecule has 0 saturated heterocycles. The number of amides is 1. The summed E-state index contributed by atoms with van der Waals surface area (Å²) in [5.41, 5.74) is 4.32. The van der Waals surface area contributed by atoms with Gasteiger partial charge in [-0.3, -0.25) is 4.79 Å². The van der Waals surface area contributed by atoms with E-state index in [9.17, 15) is 4.79 Å². The molecule has 2 aromatic rings. The Balaban J connectivity index is 2.18. The van der Waals surface area contributed by atoms with Crippen LogP contribution in [-0.2, 0) is 4.79 Å². The van der Waals surface area contributed by atoms with Crippen LogP contribution in [0.25, 0.3) is 0 Å². The van der Waals surface area contributed by atoms with Gasteiger partial charge in [-0.2, -0.15) is 0 Å².